The molecule has 1 unspecified atom stereocenters. The van der Waals surface area contributed by atoms with Crippen molar-refractivity contribution in [3.8, 4) is 5.75 Å². The van der Waals surface area contributed by atoms with Crippen LogP contribution in [0.3, 0.4) is 0 Å². The summed E-state index contributed by atoms with van der Waals surface area (Å²) in [4.78, 5) is 12.1. The van der Waals surface area contributed by atoms with Gasteiger partial charge in [-0.15, -0.1) is 0 Å². The van der Waals surface area contributed by atoms with Crippen molar-refractivity contribution in [2.24, 2.45) is 5.92 Å². The lowest BCUT2D eigenvalue weighted by Crippen LogP contribution is -2.34. The molecule has 1 aromatic carbocycles. The third-order valence-corrected chi connectivity index (χ3v) is 5.66. The molecular formula is C23H37NO3. The molecule has 152 valence electrons. The van der Waals surface area contributed by atoms with Crippen LogP contribution in [0.2, 0.25) is 0 Å². The summed E-state index contributed by atoms with van der Waals surface area (Å²) >= 11 is 0. The Morgan fingerprint density at radius 3 is 1.93 bits per heavy atom. The number of carboxylic acids is 1. The molecule has 0 heterocycles. The van der Waals surface area contributed by atoms with Crippen LogP contribution in [-0.2, 0) is 15.6 Å². The van der Waals surface area contributed by atoms with Crippen molar-refractivity contribution >= 4 is 5.97 Å². The van der Waals surface area contributed by atoms with Gasteiger partial charge >= 0.3 is 5.97 Å². The van der Waals surface area contributed by atoms with Gasteiger partial charge in [-0.2, -0.15) is 0 Å². The summed E-state index contributed by atoms with van der Waals surface area (Å²) < 4.78 is 0. The first kappa shape index (κ1) is 21.7. The molecule has 0 aliphatic heterocycles. The number of nitrogens with one attached hydrogen (secondary N) is 1. The van der Waals surface area contributed by atoms with Gasteiger partial charge in [0.2, 0.25) is 0 Å². The molecule has 1 aromatic rings. The first-order valence-corrected chi connectivity index (χ1v) is 10.3. The van der Waals surface area contributed by atoms with Crippen LogP contribution in [-0.4, -0.2) is 22.7 Å². The number of aliphatic carboxylic acids is 1. The molecule has 3 N–H and O–H groups in total. The maximum Gasteiger partial charge on any atom is 0.325 e. The molecule has 0 amide bonds. The van der Waals surface area contributed by atoms with Gasteiger partial charge < -0.3 is 15.5 Å². The van der Waals surface area contributed by atoms with Crippen LogP contribution in [0.4, 0.5) is 0 Å². The van der Waals surface area contributed by atoms with E-state index in [0.29, 0.717) is 5.92 Å². The summed E-state index contributed by atoms with van der Waals surface area (Å²) in [6.07, 6.45) is 6.13. The van der Waals surface area contributed by atoms with Crippen LogP contribution in [0.25, 0.3) is 0 Å². The summed E-state index contributed by atoms with van der Waals surface area (Å²) in [5, 5.41) is 24.1. The second-order valence-corrected chi connectivity index (χ2v) is 10.1. The van der Waals surface area contributed by atoms with Crippen molar-refractivity contribution in [3.05, 3.63) is 28.8 Å². The zero-order chi connectivity index (χ0) is 20.4. The Bertz CT molecular complexity index is 626. The second kappa shape index (κ2) is 8.22. The molecule has 27 heavy (non-hydrogen) atoms. The molecule has 1 aliphatic rings. The summed E-state index contributed by atoms with van der Waals surface area (Å²) in [5.41, 5.74) is 1.79. The summed E-state index contributed by atoms with van der Waals surface area (Å²) in [6, 6.07) is 2.99. The number of hydrogen-bond acceptors (Lipinski definition) is 3. The van der Waals surface area contributed by atoms with Crippen molar-refractivity contribution in [1.82, 2.24) is 5.32 Å². The van der Waals surface area contributed by atoms with Crippen molar-refractivity contribution in [2.75, 3.05) is 6.54 Å². The summed E-state index contributed by atoms with van der Waals surface area (Å²) in [6.45, 7) is 13.0. The highest BCUT2D eigenvalue weighted by Gasteiger charge is 2.30. The zero-order valence-corrected chi connectivity index (χ0v) is 17.9. The van der Waals surface area contributed by atoms with Crippen LogP contribution in [0.1, 0.15) is 96.4 Å². The number of carbonyl (C=O) groups is 1. The van der Waals surface area contributed by atoms with E-state index in [1.165, 1.54) is 32.1 Å². The maximum atomic E-state index is 12.1. The van der Waals surface area contributed by atoms with E-state index in [4.69, 9.17) is 0 Å². The van der Waals surface area contributed by atoms with Gasteiger partial charge in [-0.05, 0) is 65.0 Å². The Morgan fingerprint density at radius 2 is 1.52 bits per heavy atom. The fourth-order valence-electron chi connectivity index (χ4n) is 3.99. The van der Waals surface area contributed by atoms with Gasteiger partial charge in [0.15, 0.2) is 0 Å². The van der Waals surface area contributed by atoms with Crippen molar-refractivity contribution in [2.45, 2.75) is 90.5 Å². The Balaban J connectivity index is 2.40. The average molecular weight is 376 g/mol. The predicted octanol–water partition coefficient (Wildman–Crippen LogP) is 5.28. The molecule has 4 heteroatoms. The second-order valence-electron chi connectivity index (χ2n) is 10.1. The molecule has 1 aliphatic carbocycles. The first-order valence-electron chi connectivity index (χ1n) is 10.3. The Kier molecular flexibility index (Phi) is 6.62. The van der Waals surface area contributed by atoms with E-state index in [1.54, 1.807) is 0 Å². The van der Waals surface area contributed by atoms with Crippen molar-refractivity contribution in [3.63, 3.8) is 0 Å². The van der Waals surface area contributed by atoms with Crippen LogP contribution in [0.5, 0.6) is 5.75 Å². The maximum absolute atomic E-state index is 12.1. The van der Waals surface area contributed by atoms with Crippen molar-refractivity contribution < 1.29 is 15.0 Å². The van der Waals surface area contributed by atoms with Crippen molar-refractivity contribution in [1.29, 1.82) is 0 Å². The fraction of sp³-hybridized carbons (Fsp3) is 0.696. The van der Waals surface area contributed by atoms with Gasteiger partial charge in [-0.1, -0.05) is 60.8 Å². The van der Waals surface area contributed by atoms with Gasteiger partial charge in [0.05, 0.1) is 0 Å². The lowest BCUT2D eigenvalue weighted by molar-refractivity contribution is -0.139. The lowest BCUT2D eigenvalue weighted by atomic mass is 9.77. The van der Waals surface area contributed by atoms with E-state index in [9.17, 15) is 15.0 Å². The highest BCUT2D eigenvalue weighted by Crippen LogP contribution is 2.41. The van der Waals surface area contributed by atoms with Gasteiger partial charge in [0, 0.05) is 0 Å². The molecule has 0 saturated heterocycles. The number of benzene rings is 1. The van der Waals surface area contributed by atoms with E-state index in [1.807, 2.05) is 53.7 Å². The minimum Gasteiger partial charge on any atom is -0.507 e. The minimum atomic E-state index is -0.865. The number of hydrogen-bond donors (Lipinski definition) is 3. The Morgan fingerprint density at radius 1 is 1.04 bits per heavy atom. The zero-order valence-electron chi connectivity index (χ0n) is 17.9. The molecule has 1 atom stereocenters. The van der Waals surface area contributed by atoms with Crippen LogP contribution < -0.4 is 5.32 Å². The molecule has 2 rings (SSSR count). The Hall–Kier alpha value is -1.55. The molecule has 4 nitrogen and oxygen atoms in total. The molecule has 1 saturated carbocycles. The smallest absolute Gasteiger partial charge is 0.325 e. The molecule has 0 radical (unpaired) electrons. The van der Waals surface area contributed by atoms with E-state index in [2.05, 4.69) is 5.32 Å². The lowest BCUT2D eigenvalue weighted by Gasteiger charge is -2.30. The highest BCUT2D eigenvalue weighted by atomic mass is 16.4. The van der Waals surface area contributed by atoms with E-state index < -0.39 is 12.0 Å². The minimum absolute atomic E-state index is 0.271. The van der Waals surface area contributed by atoms with Gasteiger partial charge in [0.1, 0.15) is 11.8 Å². The molecule has 0 bridgehead atoms. The summed E-state index contributed by atoms with van der Waals surface area (Å²) in [5.74, 6) is -0.0201. The topological polar surface area (TPSA) is 69.6 Å². The normalized spacial score (nSPS) is 17.7. The number of phenolic OH excluding ortho intramolecular Hbond substituents is 1. The van der Waals surface area contributed by atoms with Gasteiger partial charge in [-0.25, -0.2) is 0 Å². The monoisotopic (exact) mass is 375 g/mol. The molecule has 0 spiro atoms. The highest BCUT2D eigenvalue weighted by molar-refractivity contribution is 5.76. The molecular weight excluding hydrogens is 338 g/mol. The van der Waals surface area contributed by atoms with Crippen LogP contribution in [0.15, 0.2) is 12.1 Å². The standard InChI is InChI=1S/C23H37NO3/c1-22(2,3)17-12-16(13-18(20(17)25)23(4,5)6)19(21(26)27)24-14-15-10-8-7-9-11-15/h12-13,15,19,24-25H,7-11,14H2,1-6H3,(H,26,27). The van der Waals surface area contributed by atoms with Gasteiger partial charge in [0.25, 0.3) is 0 Å². The quantitative estimate of drug-likeness (QED) is 0.654. The third kappa shape index (κ3) is 5.47. The largest absolute Gasteiger partial charge is 0.507 e. The van der Waals surface area contributed by atoms with E-state index in [-0.39, 0.29) is 16.6 Å². The molecule has 1 fully saturated rings. The fourth-order valence-corrected chi connectivity index (χ4v) is 3.99. The predicted molar refractivity (Wildman–Crippen MR) is 110 cm³/mol. The third-order valence-electron chi connectivity index (χ3n) is 5.66. The van der Waals surface area contributed by atoms with E-state index in [0.717, 1.165) is 23.2 Å². The number of phenols is 1. The van der Waals surface area contributed by atoms with Gasteiger partial charge in [-0.3, -0.25) is 4.79 Å². The Labute approximate surface area is 164 Å². The average Bonchev–Trinajstić information content (AvgIpc) is 2.54. The SMILES string of the molecule is CC(C)(C)c1cc(C(NCC2CCCCC2)C(=O)O)cc(C(C)(C)C)c1O. The summed E-state index contributed by atoms with van der Waals surface area (Å²) in [7, 11) is 0. The van der Waals surface area contributed by atoms with Crippen LogP contribution >= 0.6 is 0 Å². The number of rotatable bonds is 5. The van der Waals surface area contributed by atoms with Crippen LogP contribution in [0, 0.1) is 5.92 Å². The van der Waals surface area contributed by atoms with E-state index >= 15 is 0 Å². The first-order chi connectivity index (χ1) is 12.4. The number of aromatic hydroxyl groups is 1. The molecule has 0 aromatic heterocycles. The number of carboxylic acid groups (broad SMARTS) is 1.